The van der Waals surface area contributed by atoms with E-state index in [1.807, 2.05) is 19.9 Å². The molecule has 0 aliphatic carbocycles. The quantitative estimate of drug-likeness (QED) is 0.867. The van der Waals surface area contributed by atoms with Crippen LogP contribution in [0.4, 0.5) is 13.2 Å². The van der Waals surface area contributed by atoms with Crippen molar-refractivity contribution in [3.8, 4) is 0 Å². The lowest BCUT2D eigenvalue weighted by Crippen LogP contribution is -2.12. The molecule has 2 aromatic rings. The third-order valence-electron chi connectivity index (χ3n) is 3.06. The number of benzene rings is 1. The number of thiophene rings is 1. The normalized spacial score (nSPS) is 13.6. The Labute approximate surface area is 113 Å². The third-order valence-corrected chi connectivity index (χ3v) is 4.30. The highest BCUT2D eigenvalue weighted by Gasteiger charge is 2.30. The molecule has 0 aliphatic heterocycles. The maximum Gasteiger partial charge on any atom is 0.416 e. The molecule has 0 saturated heterocycles. The van der Waals surface area contributed by atoms with Crippen molar-refractivity contribution in [2.24, 2.45) is 5.73 Å². The average molecular weight is 285 g/mol. The van der Waals surface area contributed by atoms with Crippen LogP contribution < -0.4 is 5.73 Å². The van der Waals surface area contributed by atoms with E-state index in [1.54, 1.807) is 6.07 Å². The first kappa shape index (κ1) is 14.1. The van der Waals surface area contributed by atoms with E-state index in [2.05, 4.69) is 0 Å². The lowest BCUT2D eigenvalue weighted by Gasteiger charge is -2.13. The van der Waals surface area contributed by atoms with Gasteiger partial charge in [0.25, 0.3) is 0 Å². The molecule has 19 heavy (non-hydrogen) atoms. The molecule has 1 heterocycles. The van der Waals surface area contributed by atoms with E-state index >= 15 is 0 Å². The topological polar surface area (TPSA) is 26.0 Å². The fourth-order valence-corrected chi connectivity index (χ4v) is 2.90. The zero-order chi connectivity index (χ0) is 14.2. The van der Waals surface area contributed by atoms with E-state index in [9.17, 15) is 13.2 Å². The largest absolute Gasteiger partial charge is 0.416 e. The fraction of sp³-hybridized carbons (Fsp3) is 0.286. The van der Waals surface area contributed by atoms with Gasteiger partial charge in [0.2, 0.25) is 0 Å². The van der Waals surface area contributed by atoms with Gasteiger partial charge in [0.1, 0.15) is 0 Å². The molecule has 102 valence electrons. The monoisotopic (exact) mass is 285 g/mol. The van der Waals surface area contributed by atoms with Gasteiger partial charge >= 0.3 is 6.18 Å². The van der Waals surface area contributed by atoms with Crippen LogP contribution in [-0.4, -0.2) is 0 Å². The minimum Gasteiger partial charge on any atom is -0.320 e. The molecule has 0 amide bonds. The summed E-state index contributed by atoms with van der Waals surface area (Å²) in [5.41, 5.74) is 6.99. The van der Waals surface area contributed by atoms with Gasteiger partial charge in [0, 0.05) is 9.75 Å². The van der Waals surface area contributed by atoms with Crippen LogP contribution in [-0.2, 0) is 6.18 Å². The Morgan fingerprint density at radius 2 is 1.84 bits per heavy atom. The smallest absolute Gasteiger partial charge is 0.320 e. The number of rotatable bonds is 2. The zero-order valence-corrected chi connectivity index (χ0v) is 11.4. The summed E-state index contributed by atoms with van der Waals surface area (Å²) in [4.78, 5) is 2.02. The van der Waals surface area contributed by atoms with E-state index in [-0.39, 0.29) is 0 Å². The minimum atomic E-state index is -4.34. The molecule has 1 aromatic carbocycles. The third kappa shape index (κ3) is 2.98. The summed E-state index contributed by atoms with van der Waals surface area (Å²) in [7, 11) is 0. The van der Waals surface area contributed by atoms with Crippen molar-refractivity contribution in [2.75, 3.05) is 0 Å². The van der Waals surface area contributed by atoms with Gasteiger partial charge < -0.3 is 5.73 Å². The van der Waals surface area contributed by atoms with Crippen LogP contribution in [0.15, 0.2) is 30.3 Å². The molecular weight excluding hydrogens is 271 g/mol. The van der Waals surface area contributed by atoms with Crippen molar-refractivity contribution < 1.29 is 13.2 Å². The maximum absolute atomic E-state index is 12.7. The van der Waals surface area contributed by atoms with Gasteiger partial charge in [-0.2, -0.15) is 13.2 Å². The molecule has 2 rings (SSSR count). The van der Waals surface area contributed by atoms with Crippen LogP contribution in [0.5, 0.6) is 0 Å². The van der Waals surface area contributed by atoms with Crippen molar-refractivity contribution in [3.05, 3.63) is 56.8 Å². The van der Waals surface area contributed by atoms with Crippen molar-refractivity contribution in [1.29, 1.82) is 0 Å². The van der Waals surface area contributed by atoms with E-state index < -0.39 is 17.8 Å². The summed E-state index contributed by atoms with van der Waals surface area (Å²) < 4.78 is 38.0. The van der Waals surface area contributed by atoms with Gasteiger partial charge in [-0.25, -0.2) is 0 Å². The molecule has 0 saturated carbocycles. The first-order chi connectivity index (χ1) is 8.79. The van der Waals surface area contributed by atoms with Crippen LogP contribution >= 0.6 is 11.3 Å². The highest BCUT2D eigenvalue weighted by atomic mass is 32.1. The van der Waals surface area contributed by atoms with Gasteiger partial charge in [0.05, 0.1) is 11.6 Å². The Balaban J connectivity index is 2.36. The molecule has 0 spiro atoms. The van der Waals surface area contributed by atoms with Gasteiger partial charge in [-0.3, -0.25) is 0 Å². The van der Waals surface area contributed by atoms with Crippen LogP contribution in [0.1, 0.15) is 32.5 Å². The van der Waals surface area contributed by atoms with E-state index in [4.69, 9.17) is 5.73 Å². The van der Waals surface area contributed by atoms with Crippen LogP contribution in [0.3, 0.4) is 0 Å². The molecule has 0 fully saturated rings. The predicted molar refractivity (Wildman–Crippen MR) is 71.3 cm³/mol. The Bertz CT molecular complexity index is 567. The number of halogens is 3. The number of alkyl halides is 3. The number of hydrogen-bond acceptors (Lipinski definition) is 2. The lowest BCUT2D eigenvalue weighted by atomic mass is 10.0. The first-order valence-electron chi connectivity index (χ1n) is 5.78. The molecular formula is C14H14F3NS. The summed E-state index contributed by atoms with van der Waals surface area (Å²) in [6.45, 7) is 3.94. The summed E-state index contributed by atoms with van der Waals surface area (Å²) >= 11 is 1.52. The van der Waals surface area contributed by atoms with Crippen molar-refractivity contribution in [3.63, 3.8) is 0 Å². The second kappa shape index (κ2) is 4.98. The molecule has 5 heteroatoms. The van der Waals surface area contributed by atoms with E-state index in [1.165, 1.54) is 17.4 Å². The number of aryl methyl sites for hydroxylation is 2. The fourth-order valence-electron chi connectivity index (χ4n) is 1.83. The Hall–Kier alpha value is -1.33. The number of hydrogen-bond donors (Lipinski definition) is 1. The Morgan fingerprint density at radius 1 is 1.16 bits per heavy atom. The van der Waals surface area contributed by atoms with Gasteiger partial charge in [0.15, 0.2) is 0 Å². The van der Waals surface area contributed by atoms with Crippen molar-refractivity contribution in [1.82, 2.24) is 0 Å². The molecule has 1 unspecified atom stereocenters. The van der Waals surface area contributed by atoms with Gasteiger partial charge in [-0.05, 0) is 43.2 Å². The van der Waals surface area contributed by atoms with Gasteiger partial charge in [-0.1, -0.05) is 12.1 Å². The second-order valence-electron chi connectivity index (χ2n) is 4.49. The molecule has 0 aliphatic rings. The summed E-state index contributed by atoms with van der Waals surface area (Å²) in [6.07, 6.45) is -4.34. The summed E-state index contributed by atoms with van der Waals surface area (Å²) in [6, 6.07) is 6.62. The minimum absolute atomic E-state index is 0.482. The zero-order valence-electron chi connectivity index (χ0n) is 10.6. The summed E-state index contributed by atoms with van der Waals surface area (Å²) in [5, 5.41) is 0. The van der Waals surface area contributed by atoms with Crippen molar-refractivity contribution >= 4 is 11.3 Å². The first-order valence-corrected chi connectivity index (χ1v) is 6.60. The number of nitrogens with two attached hydrogens (primary N) is 1. The van der Waals surface area contributed by atoms with Crippen LogP contribution in [0.2, 0.25) is 0 Å². The average Bonchev–Trinajstić information content (AvgIpc) is 2.68. The standard InChI is InChI=1S/C14H14F3NS/c1-8-6-12(19-9(8)2)13(18)10-4-3-5-11(7-10)14(15,16)17/h3-7,13H,18H2,1-2H3. The highest BCUT2D eigenvalue weighted by Crippen LogP contribution is 2.33. The molecule has 1 nitrogen and oxygen atoms in total. The lowest BCUT2D eigenvalue weighted by molar-refractivity contribution is -0.137. The van der Waals surface area contributed by atoms with E-state index in [0.29, 0.717) is 5.56 Å². The van der Waals surface area contributed by atoms with Crippen LogP contribution in [0.25, 0.3) is 0 Å². The second-order valence-corrected chi connectivity index (χ2v) is 5.78. The molecule has 2 N–H and O–H groups in total. The van der Waals surface area contributed by atoms with E-state index in [0.717, 1.165) is 27.5 Å². The molecule has 1 atom stereocenters. The SMILES string of the molecule is Cc1cc(C(N)c2cccc(C(F)(F)F)c2)sc1C. The maximum atomic E-state index is 12.7. The van der Waals surface area contributed by atoms with Crippen LogP contribution in [0, 0.1) is 13.8 Å². The summed E-state index contributed by atoms with van der Waals surface area (Å²) in [5.74, 6) is 0. The Kier molecular flexibility index (Phi) is 3.69. The Morgan fingerprint density at radius 3 is 2.37 bits per heavy atom. The van der Waals surface area contributed by atoms with Gasteiger partial charge in [-0.15, -0.1) is 11.3 Å². The highest BCUT2D eigenvalue weighted by molar-refractivity contribution is 7.12. The molecule has 0 bridgehead atoms. The molecule has 0 radical (unpaired) electrons. The van der Waals surface area contributed by atoms with Crippen molar-refractivity contribution in [2.45, 2.75) is 26.1 Å². The predicted octanol–water partition coefficient (Wildman–Crippen LogP) is 4.43. The molecule has 1 aromatic heterocycles.